The van der Waals surface area contributed by atoms with Gasteiger partial charge in [0, 0.05) is 24.2 Å². The first kappa shape index (κ1) is 12.8. The third-order valence-electron chi connectivity index (χ3n) is 3.66. The molecule has 1 atom stereocenters. The summed E-state index contributed by atoms with van der Waals surface area (Å²) in [5.74, 6) is 0.981. The molecule has 3 aromatic rings. The van der Waals surface area contributed by atoms with E-state index in [1.54, 1.807) is 0 Å². The normalized spacial score (nSPS) is 12.8. The maximum Gasteiger partial charge on any atom is 0.134 e. The van der Waals surface area contributed by atoms with Crippen molar-refractivity contribution in [2.24, 2.45) is 7.05 Å². The summed E-state index contributed by atoms with van der Waals surface area (Å²) in [6.45, 7) is 6.22. The van der Waals surface area contributed by atoms with Gasteiger partial charge in [-0.05, 0) is 26.8 Å². The van der Waals surface area contributed by atoms with Crippen molar-refractivity contribution >= 4 is 16.7 Å². The molecular weight excluding hydrogens is 250 g/mol. The van der Waals surface area contributed by atoms with Crippen molar-refractivity contribution in [3.63, 3.8) is 0 Å². The first-order chi connectivity index (χ1) is 9.56. The average molecular weight is 269 g/mol. The minimum absolute atomic E-state index is 0.102. The molecule has 0 fully saturated rings. The van der Waals surface area contributed by atoms with E-state index in [-0.39, 0.29) is 6.04 Å². The summed E-state index contributed by atoms with van der Waals surface area (Å²) in [6.07, 6.45) is 1.99. The second-order valence-electron chi connectivity index (χ2n) is 5.26. The maximum atomic E-state index is 5.99. The number of hydrogen-bond acceptors (Lipinski definition) is 3. The van der Waals surface area contributed by atoms with E-state index < -0.39 is 0 Å². The van der Waals surface area contributed by atoms with Crippen molar-refractivity contribution in [3.8, 4) is 0 Å². The van der Waals surface area contributed by atoms with Gasteiger partial charge >= 0.3 is 0 Å². The third-order valence-corrected chi connectivity index (χ3v) is 3.66. The molecule has 0 aliphatic rings. The summed E-state index contributed by atoms with van der Waals surface area (Å²) in [6, 6.07) is 8.24. The number of aromatic nitrogens is 2. The van der Waals surface area contributed by atoms with E-state index >= 15 is 0 Å². The van der Waals surface area contributed by atoms with Crippen molar-refractivity contribution < 1.29 is 4.42 Å². The van der Waals surface area contributed by atoms with Gasteiger partial charge in [0.25, 0.3) is 0 Å². The highest BCUT2D eigenvalue weighted by atomic mass is 16.3. The molecule has 4 nitrogen and oxygen atoms in total. The molecule has 0 saturated carbocycles. The fourth-order valence-corrected chi connectivity index (χ4v) is 2.65. The van der Waals surface area contributed by atoms with Crippen LogP contribution in [0.3, 0.4) is 0 Å². The van der Waals surface area contributed by atoms with Crippen LogP contribution in [-0.4, -0.2) is 9.78 Å². The molecule has 0 aliphatic heterocycles. The summed E-state index contributed by atoms with van der Waals surface area (Å²) in [5.41, 5.74) is 4.17. The molecular formula is C16H19N3O. The Morgan fingerprint density at radius 1 is 1.25 bits per heavy atom. The zero-order valence-electron chi connectivity index (χ0n) is 12.3. The van der Waals surface area contributed by atoms with Gasteiger partial charge in [0.15, 0.2) is 0 Å². The molecule has 2 heterocycles. The number of nitrogens with one attached hydrogen (secondary N) is 1. The zero-order chi connectivity index (χ0) is 14.3. The van der Waals surface area contributed by atoms with Crippen LogP contribution >= 0.6 is 0 Å². The molecule has 1 N–H and O–H groups in total. The molecule has 3 rings (SSSR count). The Balaban J connectivity index is 1.94. The molecule has 104 valence electrons. The van der Waals surface area contributed by atoms with Crippen molar-refractivity contribution in [2.45, 2.75) is 26.8 Å². The zero-order valence-corrected chi connectivity index (χ0v) is 12.3. The van der Waals surface area contributed by atoms with E-state index in [9.17, 15) is 0 Å². The second-order valence-corrected chi connectivity index (χ2v) is 5.26. The SMILES string of the molecule is Cc1nn(C)cc1NC(C)c1oc2ccccc2c1C. The third kappa shape index (κ3) is 2.07. The van der Waals surface area contributed by atoms with Crippen molar-refractivity contribution in [1.82, 2.24) is 9.78 Å². The Hall–Kier alpha value is -2.23. The summed E-state index contributed by atoms with van der Waals surface area (Å²) in [7, 11) is 1.93. The number of anilines is 1. The standard InChI is InChI=1S/C16H19N3O/c1-10-13-7-5-6-8-15(13)20-16(10)12(3)17-14-9-19(4)18-11(14)2/h5-9,12,17H,1-4H3. The van der Waals surface area contributed by atoms with Crippen molar-refractivity contribution in [1.29, 1.82) is 0 Å². The van der Waals surface area contributed by atoms with Gasteiger partial charge in [-0.2, -0.15) is 5.10 Å². The second kappa shape index (κ2) is 4.71. The Labute approximate surface area is 118 Å². The number of rotatable bonds is 3. The Morgan fingerprint density at radius 2 is 2.00 bits per heavy atom. The number of benzene rings is 1. The number of aryl methyl sites for hydroxylation is 3. The van der Waals surface area contributed by atoms with Crippen molar-refractivity contribution in [3.05, 3.63) is 47.5 Å². The van der Waals surface area contributed by atoms with E-state index in [0.717, 1.165) is 22.7 Å². The lowest BCUT2D eigenvalue weighted by molar-refractivity contribution is 0.522. The van der Waals surface area contributed by atoms with Gasteiger partial charge in [-0.3, -0.25) is 4.68 Å². The minimum atomic E-state index is 0.102. The number of hydrogen-bond donors (Lipinski definition) is 1. The van der Waals surface area contributed by atoms with E-state index in [1.807, 2.05) is 43.0 Å². The smallest absolute Gasteiger partial charge is 0.134 e. The Morgan fingerprint density at radius 3 is 2.65 bits per heavy atom. The van der Waals surface area contributed by atoms with Crippen LogP contribution in [0.2, 0.25) is 0 Å². The van der Waals surface area contributed by atoms with Crippen LogP contribution in [0.1, 0.15) is 30.0 Å². The average Bonchev–Trinajstić information content (AvgIpc) is 2.91. The summed E-state index contributed by atoms with van der Waals surface area (Å²) in [4.78, 5) is 0. The van der Waals surface area contributed by atoms with E-state index in [1.165, 1.54) is 10.9 Å². The van der Waals surface area contributed by atoms with Crippen LogP contribution in [0.25, 0.3) is 11.0 Å². The highest BCUT2D eigenvalue weighted by molar-refractivity contribution is 5.82. The molecule has 0 spiro atoms. The van der Waals surface area contributed by atoms with E-state index in [4.69, 9.17) is 4.42 Å². The van der Waals surface area contributed by atoms with Crippen LogP contribution in [0, 0.1) is 13.8 Å². The maximum absolute atomic E-state index is 5.99. The topological polar surface area (TPSA) is 43.0 Å². The quantitative estimate of drug-likeness (QED) is 0.782. The number of nitrogens with zero attached hydrogens (tertiary/aromatic N) is 2. The molecule has 20 heavy (non-hydrogen) atoms. The molecule has 0 bridgehead atoms. The van der Waals surface area contributed by atoms with E-state index in [2.05, 4.69) is 30.3 Å². The van der Waals surface area contributed by atoms with Gasteiger partial charge in [-0.1, -0.05) is 18.2 Å². The Bertz CT molecular complexity index is 754. The number of fused-ring (bicyclic) bond motifs is 1. The van der Waals surface area contributed by atoms with Crippen LogP contribution in [-0.2, 0) is 7.05 Å². The lowest BCUT2D eigenvalue weighted by atomic mass is 10.1. The van der Waals surface area contributed by atoms with Crippen molar-refractivity contribution in [2.75, 3.05) is 5.32 Å². The molecule has 0 radical (unpaired) electrons. The lowest BCUT2D eigenvalue weighted by Crippen LogP contribution is -2.07. The van der Waals surface area contributed by atoms with Gasteiger partial charge in [0.05, 0.1) is 17.4 Å². The van der Waals surface area contributed by atoms with E-state index in [0.29, 0.717) is 0 Å². The van der Waals surface area contributed by atoms with Gasteiger partial charge in [-0.25, -0.2) is 0 Å². The molecule has 0 aliphatic carbocycles. The highest BCUT2D eigenvalue weighted by Gasteiger charge is 2.17. The predicted molar refractivity (Wildman–Crippen MR) is 80.9 cm³/mol. The molecule has 1 aromatic carbocycles. The van der Waals surface area contributed by atoms with Gasteiger partial charge in [0.2, 0.25) is 0 Å². The van der Waals surface area contributed by atoms with Crippen LogP contribution in [0.5, 0.6) is 0 Å². The fourth-order valence-electron chi connectivity index (χ4n) is 2.65. The molecule has 1 unspecified atom stereocenters. The highest BCUT2D eigenvalue weighted by Crippen LogP contribution is 2.31. The molecule has 0 amide bonds. The summed E-state index contributed by atoms with van der Waals surface area (Å²) < 4.78 is 7.81. The number of para-hydroxylation sites is 1. The minimum Gasteiger partial charge on any atom is -0.459 e. The van der Waals surface area contributed by atoms with Gasteiger partial charge in [-0.15, -0.1) is 0 Å². The van der Waals surface area contributed by atoms with Crippen LogP contribution in [0.4, 0.5) is 5.69 Å². The predicted octanol–water partition coefficient (Wildman–Crippen LogP) is 3.96. The van der Waals surface area contributed by atoms with Crippen LogP contribution < -0.4 is 5.32 Å². The molecule has 0 saturated heterocycles. The molecule has 2 aromatic heterocycles. The summed E-state index contributed by atoms with van der Waals surface area (Å²) >= 11 is 0. The first-order valence-corrected chi connectivity index (χ1v) is 6.81. The van der Waals surface area contributed by atoms with Gasteiger partial charge in [0.1, 0.15) is 11.3 Å². The monoisotopic (exact) mass is 269 g/mol. The Kier molecular flexibility index (Phi) is 3.01. The largest absolute Gasteiger partial charge is 0.459 e. The lowest BCUT2D eigenvalue weighted by Gasteiger charge is -2.12. The van der Waals surface area contributed by atoms with Crippen LogP contribution in [0.15, 0.2) is 34.9 Å². The van der Waals surface area contributed by atoms with Gasteiger partial charge < -0.3 is 9.73 Å². The molecule has 4 heteroatoms. The number of furan rings is 1. The fraction of sp³-hybridized carbons (Fsp3) is 0.312. The summed E-state index contributed by atoms with van der Waals surface area (Å²) in [5, 5.41) is 9.00. The first-order valence-electron chi connectivity index (χ1n) is 6.81.